The van der Waals surface area contributed by atoms with E-state index in [9.17, 15) is 4.39 Å². The van der Waals surface area contributed by atoms with E-state index < -0.39 is 0 Å². The lowest BCUT2D eigenvalue weighted by molar-refractivity contribution is 0.613. The van der Waals surface area contributed by atoms with Crippen molar-refractivity contribution in [3.05, 3.63) is 57.0 Å². The molecule has 1 atom stereocenters. The molecule has 1 aromatic heterocycles. The van der Waals surface area contributed by atoms with E-state index in [4.69, 9.17) is 11.6 Å². The molecule has 0 aliphatic heterocycles. The first kappa shape index (κ1) is 11.6. The van der Waals surface area contributed by atoms with Crippen LogP contribution < -0.4 is 0 Å². The zero-order valence-corrected chi connectivity index (χ0v) is 10.7. The van der Waals surface area contributed by atoms with Crippen LogP contribution in [0.25, 0.3) is 0 Å². The number of hydrogen-bond donors (Lipinski definition) is 0. The topological polar surface area (TPSA) is 0 Å². The van der Waals surface area contributed by atoms with Gasteiger partial charge in [-0.15, -0.1) is 22.9 Å². The van der Waals surface area contributed by atoms with Crippen LogP contribution >= 0.6 is 22.9 Å². The number of alkyl halides is 1. The molecular formula is C13H12ClFS. The Balaban J connectivity index is 2.43. The summed E-state index contributed by atoms with van der Waals surface area (Å²) in [7, 11) is 0. The third kappa shape index (κ3) is 2.13. The summed E-state index contributed by atoms with van der Waals surface area (Å²) in [4.78, 5) is 2.23. The maximum Gasteiger partial charge on any atom is 0.128 e. The molecule has 0 fully saturated rings. The van der Waals surface area contributed by atoms with Crippen molar-refractivity contribution in [1.29, 1.82) is 0 Å². The van der Waals surface area contributed by atoms with Crippen LogP contribution in [0.4, 0.5) is 4.39 Å². The van der Waals surface area contributed by atoms with Crippen LogP contribution in [0.5, 0.6) is 0 Å². The molecule has 2 rings (SSSR count). The molecule has 3 heteroatoms. The van der Waals surface area contributed by atoms with Gasteiger partial charge in [-0.25, -0.2) is 4.39 Å². The third-order valence-electron chi connectivity index (χ3n) is 2.49. The van der Waals surface area contributed by atoms with Gasteiger partial charge in [-0.2, -0.15) is 0 Å². The van der Waals surface area contributed by atoms with Gasteiger partial charge in [-0.05, 0) is 31.5 Å². The SMILES string of the molecule is Cc1cc(C)c(C(Cl)c2ccccc2F)s1. The summed E-state index contributed by atoms with van der Waals surface area (Å²) in [6.07, 6.45) is 0. The minimum absolute atomic E-state index is 0.243. The molecule has 1 aromatic carbocycles. The lowest BCUT2D eigenvalue weighted by Crippen LogP contribution is -1.95. The van der Waals surface area contributed by atoms with Gasteiger partial charge in [0.05, 0.1) is 5.38 Å². The molecule has 0 spiro atoms. The molecule has 0 radical (unpaired) electrons. The molecule has 0 saturated heterocycles. The van der Waals surface area contributed by atoms with Gasteiger partial charge in [0.15, 0.2) is 0 Å². The Kier molecular flexibility index (Phi) is 3.31. The second kappa shape index (κ2) is 4.56. The first-order valence-corrected chi connectivity index (χ1v) is 6.30. The highest BCUT2D eigenvalue weighted by Gasteiger charge is 2.18. The van der Waals surface area contributed by atoms with Crippen molar-refractivity contribution in [2.75, 3.05) is 0 Å². The third-order valence-corrected chi connectivity index (χ3v) is 4.29. The maximum atomic E-state index is 13.6. The summed E-state index contributed by atoms with van der Waals surface area (Å²) in [5, 5.41) is -0.389. The van der Waals surface area contributed by atoms with Gasteiger partial charge in [-0.3, -0.25) is 0 Å². The number of hydrogen-bond acceptors (Lipinski definition) is 1. The quantitative estimate of drug-likeness (QED) is 0.673. The normalized spacial score (nSPS) is 12.8. The molecule has 0 amide bonds. The Morgan fingerprint density at radius 3 is 2.50 bits per heavy atom. The molecule has 1 unspecified atom stereocenters. The Morgan fingerprint density at radius 2 is 1.94 bits per heavy atom. The average Bonchev–Trinajstić information content (AvgIpc) is 2.58. The van der Waals surface area contributed by atoms with Gasteiger partial charge in [0.25, 0.3) is 0 Å². The molecule has 2 aromatic rings. The maximum absolute atomic E-state index is 13.6. The van der Waals surface area contributed by atoms with Crippen LogP contribution in [0.3, 0.4) is 0 Å². The van der Waals surface area contributed by atoms with Crippen LogP contribution in [0.1, 0.15) is 26.3 Å². The lowest BCUT2D eigenvalue weighted by Gasteiger charge is -2.10. The molecule has 0 N–H and O–H groups in total. The smallest absolute Gasteiger partial charge is 0.128 e. The van der Waals surface area contributed by atoms with E-state index in [1.165, 1.54) is 10.9 Å². The van der Waals surface area contributed by atoms with Crippen molar-refractivity contribution in [1.82, 2.24) is 0 Å². The Bertz CT molecular complexity index is 504. The number of aryl methyl sites for hydroxylation is 2. The van der Waals surface area contributed by atoms with Gasteiger partial charge >= 0.3 is 0 Å². The van der Waals surface area contributed by atoms with Crippen molar-refractivity contribution in [2.45, 2.75) is 19.2 Å². The second-order valence-electron chi connectivity index (χ2n) is 3.79. The van der Waals surface area contributed by atoms with Crippen LogP contribution in [-0.2, 0) is 0 Å². The van der Waals surface area contributed by atoms with Crippen molar-refractivity contribution in [3.63, 3.8) is 0 Å². The summed E-state index contributed by atoms with van der Waals surface area (Å²) in [5.41, 5.74) is 1.68. The molecule has 0 aliphatic rings. The lowest BCUT2D eigenvalue weighted by atomic mass is 10.1. The summed E-state index contributed by atoms with van der Waals surface area (Å²) < 4.78 is 13.6. The largest absolute Gasteiger partial charge is 0.207 e. The predicted octanol–water partition coefficient (Wildman–Crippen LogP) is 4.83. The van der Waals surface area contributed by atoms with E-state index >= 15 is 0 Å². The van der Waals surface area contributed by atoms with E-state index in [1.54, 1.807) is 23.5 Å². The molecule has 0 bridgehead atoms. The summed E-state index contributed by atoms with van der Waals surface area (Å²) in [5.74, 6) is -0.243. The minimum Gasteiger partial charge on any atom is -0.207 e. The predicted molar refractivity (Wildman–Crippen MR) is 67.9 cm³/mol. The molecule has 84 valence electrons. The Labute approximate surface area is 104 Å². The summed E-state index contributed by atoms with van der Waals surface area (Å²) >= 11 is 7.95. The average molecular weight is 255 g/mol. The van der Waals surface area contributed by atoms with Crippen LogP contribution in [0, 0.1) is 19.7 Å². The highest BCUT2D eigenvalue weighted by molar-refractivity contribution is 7.12. The highest BCUT2D eigenvalue weighted by Crippen LogP contribution is 2.37. The minimum atomic E-state index is -0.389. The summed E-state index contributed by atoms with van der Waals surface area (Å²) in [6.45, 7) is 4.04. The van der Waals surface area contributed by atoms with Crippen molar-refractivity contribution < 1.29 is 4.39 Å². The van der Waals surface area contributed by atoms with E-state index in [1.807, 2.05) is 19.9 Å². The van der Waals surface area contributed by atoms with Gasteiger partial charge in [-0.1, -0.05) is 18.2 Å². The van der Waals surface area contributed by atoms with Gasteiger partial charge in [0.2, 0.25) is 0 Å². The molecule has 0 nitrogen and oxygen atoms in total. The van der Waals surface area contributed by atoms with Crippen LogP contribution in [-0.4, -0.2) is 0 Å². The monoisotopic (exact) mass is 254 g/mol. The van der Waals surface area contributed by atoms with Gasteiger partial charge in [0, 0.05) is 15.3 Å². The standard InChI is InChI=1S/C13H12ClFS/c1-8-7-9(2)16-13(8)12(14)10-5-3-4-6-11(10)15/h3-7,12H,1-2H3. The number of thiophene rings is 1. The zero-order chi connectivity index (χ0) is 11.7. The van der Waals surface area contributed by atoms with E-state index in [0.717, 1.165) is 10.4 Å². The second-order valence-corrected chi connectivity index (χ2v) is 5.51. The fraction of sp³-hybridized carbons (Fsp3) is 0.231. The Hall–Kier alpha value is -0.860. The molecule has 16 heavy (non-hydrogen) atoms. The van der Waals surface area contributed by atoms with Crippen molar-refractivity contribution in [3.8, 4) is 0 Å². The Morgan fingerprint density at radius 1 is 1.25 bits per heavy atom. The van der Waals surface area contributed by atoms with Crippen LogP contribution in [0.2, 0.25) is 0 Å². The highest BCUT2D eigenvalue weighted by atomic mass is 35.5. The van der Waals surface area contributed by atoms with Crippen molar-refractivity contribution in [2.24, 2.45) is 0 Å². The number of halogens is 2. The molecule has 1 heterocycles. The van der Waals surface area contributed by atoms with E-state index in [-0.39, 0.29) is 11.2 Å². The first-order chi connectivity index (χ1) is 7.59. The van der Waals surface area contributed by atoms with Gasteiger partial charge < -0.3 is 0 Å². The summed E-state index contributed by atoms with van der Waals surface area (Å²) in [6, 6.07) is 8.75. The van der Waals surface area contributed by atoms with Gasteiger partial charge in [0.1, 0.15) is 5.82 Å². The van der Waals surface area contributed by atoms with E-state index in [2.05, 4.69) is 6.07 Å². The van der Waals surface area contributed by atoms with Crippen molar-refractivity contribution >= 4 is 22.9 Å². The van der Waals surface area contributed by atoms with E-state index in [0.29, 0.717) is 5.56 Å². The van der Waals surface area contributed by atoms with Crippen LogP contribution in [0.15, 0.2) is 30.3 Å². The first-order valence-electron chi connectivity index (χ1n) is 5.05. The molecule has 0 saturated carbocycles. The fourth-order valence-corrected chi connectivity index (χ4v) is 3.25. The fourth-order valence-electron chi connectivity index (χ4n) is 1.73. The number of benzene rings is 1. The molecular weight excluding hydrogens is 243 g/mol. The molecule has 0 aliphatic carbocycles. The number of rotatable bonds is 2. The zero-order valence-electron chi connectivity index (χ0n) is 9.13.